The van der Waals surface area contributed by atoms with Crippen LogP contribution in [0.1, 0.15) is 6.92 Å². The fourth-order valence-electron chi connectivity index (χ4n) is 0.655. The maximum atomic E-state index is 10.7. The first-order chi connectivity index (χ1) is 5.45. The molecule has 4 heteroatoms. The van der Waals surface area contributed by atoms with Crippen molar-refractivity contribution in [3.8, 4) is 0 Å². The molecular weight excluding hydrogens is 158 g/mol. The summed E-state index contributed by atoms with van der Waals surface area (Å²) in [5.41, 5.74) is -0.149. The molecule has 68 valence electrons. The molecule has 0 amide bonds. The first-order valence-corrected chi connectivity index (χ1v) is 3.54. The molecule has 0 bridgehead atoms. The van der Waals surface area contributed by atoms with E-state index in [0.717, 1.165) is 0 Å². The van der Waals surface area contributed by atoms with E-state index in [-0.39, 0.29) is 5.57 Å². The van der Waals surface area contributed by atoms with Crippen LogP contribution in [-0.4, -0.2) is 42.4 Å². The highest BCUT2D eigenvalue weighted by Crippen LogP contribution is 1.96. The second-order valence-corrected chi connectivity index (χ2v) is 2.74. The zero-order valence-electron chi connectivity index (χ0n) is 7.50. The summed E-state index contributed by atoms with van der Waals surface area (Å²) in [4.78, 5) is 23.0. The lowest BCUT2D eigenvalue weighted by Gasteiger charge is -2.05. The van der Waals surface area contributed by atoms with Gasteiger partial charge in [-0.05, 0) is 21.0 Å². The van der Waals surface area contributed by atoms with E-state index >= 15 is 0 Å². The van der Waals surface area contributed by atoms with Gasteiger partial charge in [-0.3, -0.25) is 4.79 Å². The van der Waals surface area contributed by atoms with Crippen molar-refractivity contribution in [1.29, 1.82) is 0 Å². The average molecular weight is 171 g/mol. The van der Waals surface area contributed by atoms with Crippen molar-refractivity contribution < 1.29 is 14.7 Å². The molecule has 0 radical (unpaired) electrons. The summed E-state index contributed by atoms with van der Waals surface area (Å²) >= 11 is 0. The number of carbonyl (C=O) groups excluding carboxylic acids is 1. The van der Waals surface area contributed by atoms with Gasteiger partial charge in [0.25, 0.3) is 0 Å². The number of rotatable bonds is 4. The molecule has 4 nitrogen and oxygen atoms in total. The van der Waals surface area contributed by atoms with E-state index < -0.39 is 11.8 Å². The van der Waals surface area contributed by atoms with E-state index in [4.69, 9.17) is 5.11 Å². The number of carboxylic acid groups (broad SMARTS) is 1. The molecule has 0 aliphatic heterocycles. The molecule has 0 aliphatic rings. The van der Waals surface area contributed by atoms with Gasteiger partial charge in [0.15, 0.2) is 5.78 Å². The largest absolute Gasteiger partial charge is 0.478 e. The van der Waals surface area contributed by atoms with Crippen LogP contribution < -0.4 is 0 Å². The SMILES string of the molecule is CC(=O)C(=CCN(C)C)C(=O)O. The van der Waals surface area contributed by atoms with Gasteiger partial charge in [-0.15, -0.1) is 0 Å². The summed E-state index contributed by atoms with van der Waals surface area (Å²) in [6.07, 6.45) is 1.41. The number of carboxylic acids is 1. The van der Waals surface area contributed by atoms with Crippen molar-refractivity contribution in [2.24, 2.45) is 0 Å². The van der Waals surface area contributed by atoms with Crippen molar-refractivity contribution in [2.45, 2.75) is 6.92 Å². The highest BCUT2D eigenvalue weighted by molar-refractivity contribution is 6.15. The van der Waals surface area contributed by atoms with Gasteiger partial charge in [0.1, 0.15) is 0 Å². The topological polar surface area (TPSA) is 57.6 Å². The molecule has 0 rings (SSSR count). The monoisotopic (exact) mass is 171 g/mol. The molecule has 0 spiro atoms. The number of hydrogen-bond acceptors (Lipinski definition) is 3. The summed E-state index contributed by atoms with van der Waals surface area (Å²) in [5.74, 6) is -1.58. The van der Waals surface area contributed by atoms with Gasteiger partial charge in [-0.2, -0.15) is 0 Å². The normalized spacial score (nSPS) is 11.8. The first kappa shape index (κ1) is 10.8. The zero-order chi connectivity index (χ0) is 9.72. The Balaban J connectivity index is 4.40. The van der Waals surface area contributed by atoms with E-state index in [0.29, 0.717) is 6.54 Å². The molecular formula is C8H13NO3. The predicted molar refractivity (Wildman–Crippen MR) is 45.0 cm³/mol. The number of nitrogens with zero attached hydrogens (tertiary/aromatic N) is 1. The van der Waals surface area contributed by atoms with E-state index in [9.17, 15) is 9.59 Å². The Morgan fingerprint density at radius 2 is 1.92 bits per heavy atom. The fraction of sp³-hybridized carbons (Fsp3) is 0.500. The number of likely N-dealkylation sites (N-methyl/N-ethyl adjacent to an activating group) is 1. The highest BCUT2D eigenvalue weighted by atomic mass is 16.4. The number of carbonyl (C=O) groups is 2. The van der Waals surface area contributed by atoms with Crippen LogP contribution in [0.2, 0.25) is 0 Å². The Morgan fingerprint density at radius 1 is 1.42 bits per heavy atom. The first-order valence-electron chi connectivity index (χ1n) is 3.54. The molecule has 1 N–H and O–H groups in total. The Morgan fingerprint density at radius 3 is 2.17 bits per heavy atom. The van der Waals surface area contributed by atoms with Crippen molar-refractivity contribution in [3.63, 3.8) is 0 Å². The summed E-state index contributed by atoms with van der Waals surface area (Å²) < 4.78 is 0. The lowest BCUT2D eigenvalue weighted by molar-refractivity contribution is -0.134. The van der Waals surface area contributed by atoms with Gasteiger partial charge >= 0.3 is 5.97 Å². The minimum atomic E-state index is -1.16. The Kier molecular flexibility index (Phi) is 4.21. The quantitative estimate of drug-likeness (QED) is 0.371. The van der Waals surface area contributed by atoms with Crippen LogP contribution in [0, 0.1) is 0 Å². The third-order valence-corrected chi connectivity index (χ3v) is 1.27. The number of hydrogen-bond donors (Lipinski definition) is 1. The van der Waals surface area contributed by atoms with Crippen molar-refractivity contribution in [1.82, 2.24) is 4.90 Å². The van der Waals surface area contributed by atoms with Gasteiger partial charge < -0.3 is 10.0 Å². The minimum absolute atomic E-state index is 0.149. The molecule has 0 aromatic carbocycles. The molecule has 0 aromatic rings. The van der Waals surface area contributed by atoms with Gasteiger partial charge in [-0.1, -0.05) is 6.08 Å². The molecule has 0 aromatic heterocycles. The molecule has 0 heterocycles. The van der Waals surface area contributed by atoms with Crippen molar-refractivity contribution in [3.05, 3.63) is 11.6 Å². The molecule has 0 saturated heterocycles. The van der Waals surface area contributed by atoms with E-state index in [1.807, 2.05) is 0 Å². The van der Waals surface area contributed by atoms with E-state index in [1.165, 1.54) is 13.0 Å². The Labute approximate surface area is 71.5 Å². The van der Waals surface area contributed by atoms with Crippen LogP contribution in [0.25, 0.3) is 0 Å². The standard InChI is InChI=1S/C8H13NO3/c1-6(10)7(8(11)12)4-5-9(2)3/h4H,5H2,1-3H3,(H,11,12). The van der Waals surface area contributed by atoms with Crippen LogP contribution in [0.3, 0.4) is 0 Å². The van der Waals surface area contributed by atoms with E-state index in [1.54, 1.807) is 19.0 Å². The summed E-state index contributed by atoms with van der Waals surface area (Å²) in [7, 11) is 3.60. The number of aliphatic carboxylic acids is 1. The summed E-state index contributed by atoms with van der Waals surface area (Å²) in [6, 6.07) is 0. The molecule has 0 saturated carbocycles. The van der Waals surface area contributed by atoms with Crippen LogP contribution in [-0.2, 0) is 9.59 Å². The maximum absolute atomic E-state index is 10.7. The van der Waals surface area contributed by atoms with Crippen LogP contribution in [0.4, 0.5) is 0 Å². The second kappa shape index (κ2) is 4.66. The fourth-order valence-corrected chi connectivity index (χ4v) is 0.655. The summed E-state index contributed by atoms with van der Waals surface area (Å²) in [5, 5.41) is 8.55. The second-order valence-electron chi connectivity index (χ2n) is 2.74. The van der Waals surface area contributed by atoms with Crippen molar-refractivity contribution in [2.75, 3.05) is 20.6 Å². The van der Waals surface area contributed by atoms with E-state index in [2.05, 4.69) is 0 Å². The number of ketones is 1. The van der Waals surface area contributed by atoms with Crippen LogP contribution >= 0.6 is 0 Å². The average Bonchev–Trinajstić information content (AvgIpc) is 1.84. The highest BCUT2D eigenvalue weighted by Gasteiger charge is 2.11. The molecule has 0 atom stereocenters. The predicted octanol–water partition coefficient (Wildman–Crippen LogP) is 0.148. The molecule has 0 aliphatic carbocycles. The van der Waals surface area contributed by atoms with Crippen LogP contribution in [0.5, 0.6) is 0 Å². The Hall–Kier alpha value is -1.16. The van der Waals surface area contributed by atoms with Crippen molar-refractivity contribution >= 4 is 11.8 Å². The van der Waals surface area contributed by atoms with Gasteiger partial charge in [0.05, 0.1) is 5.57 Å². The van der Waals surface area contributed by atoms with Crippen LogP contribution in [0.15, 0.2) is 11.6 Å². The molecule has 0 fully saturated rings. The minimum Gasteiger partial charge on any atom is -0.478 e. The lowest BCUT2D eigenvalue weighted by Crippen LogP contribution is -2.15. The summed E-state index contributed by atoms with van der Waals surface area (Å²) in [6.45, 7) is 1.71. The van der Waals surface area contributed by atoms with Gasteiger partial charge in [-0.25, -0.2) is 4.79 Å². The lowest BCUT2D eigenvalue weighted by atomic mass is 10.2. The third-order valence-electron chi connectivity index (χ3n) is 1.27. The molecule has 12 heavy (non-hydrogen) atoms. The zero-order valence-corrected chi connectivity index (χ0v) is 7.50. The van der Waals surface area contributed by atoms with Gasteiger partial charge in [0.2, 0.25) is 0 Å². The number of Topliss-reactive ketones (excluding diaryl/α,β-unsaturated/α-hetero) is 1. The smallest absolute Gasteiger partial charge is 0.339 e. The third kappa shape index (κ3) is 3.88. The van der Waals surface area contributed by atoms with Gasteiger partial charge in [0, 0.05) is 6.54 Å². The maximum Gasteiger partial charge on any atom is 0.339 e. The Bertz CT molecular complexity index is 202. The molecule has 0 unspecified atom stereocenters.